The Morgan fingerprint density at radius 2 is 0.660 bits per heavy atom. The van der Waals surface area contributed by atoms with Crippen LogP contribution in [0.1, 0.15) is 5.56 Å². The van der Waals surface area contributed by atoms with E-state index in [0.29, 0.717) is 5.56 Å². The highest BCUT2D eigenvalue weighted by atomic mass is 15.0. The molecule has 0 bridgehead atoms. The third-order valence-electron chi connectivity index (χ3n) is 9.66. The van der Waals surface area contributed by atoms with Gasteiger partial charge in [-0.25, -0.2) is 0 Å². The molecule has 0 saturated carbocycles. The fraction of sp³-hybridized carbons (Fsp3) is 0. The Bertz CT molecular complexity index is 2860. The van der Waals surface area contributed by atoms with E-state index >= 15 is 0 Å². The molecule has 0 atom stereocenters. The third kappa shape index (κ3) is 3.63. The first-order valence-corrected chi connectivity index (χ1v) is 15.8. The second-order valence-electron chi connectivity index (χ2n) is 12.1. The molecule has 0 unspecified atom stereocenters. The molecule has 10 rings (SSSR count). The highest BCUT2D eigenvalue weighted by Crippen LogP contribution is 2.38. The maximum atomic E-state index is 9.55. The Labute approximate surface area is 270 Å². The summed E-state index contributed by atoms with van der Waals surface area (Å²) in [5.41, 5.74) is 11.0. The molecule has 0 N–H and O–H groups in total. The lowest BCUT2D eigenvalue weighted by atomic mass is 10.1. The first-order valence-electron chi connectivity index (χ1n) is 15.8. The van der Waals surface area contributed by atoms with Crippen LogP contribution >= 0.6 is 0 Å². The molecule has 0 aliphatic heterocycles. The van der Waals surface area contributed by atoms with Gasteiger partial charge in [-0.3, -0.25) is 0 Å². The standard InChI is InChI=1S/C43H26N4/c44-27-28-17-23-42-36(25-28)34-11-3-7-15-40(34)45(42)29-18-20-30(21-19-29)46-41-16-8-4-12-35(41)37-26-31(22-24-43(37)46)47-38-13-5-1-9-32(38)33-10-2-6-14-39(33)47/h1-26H. The summed E-state index contributed by atoms with van der Waals surface area (Å²) in [5.74, 6) is 0. The molecule has 4 heteroatoms. The van der Waals surface area contributed by atoms with E-state index < -0.39 is 0 Å². The summed E-state index contributed by atoms with van der Waals surface area (Å²) in [6, 6.07) is 58.4. The van der Waals surface area contributed by atoms with Crippen LogP contribution in [0.15, 0.2) is 158 Å². The van der Waals surface area contributed by atoms with Crippen molar-refractivity contribution in [1.82, 2.24) is 13.7 Å². The van der Waals surface area contributed by atoms with Gasteiger partial charge in [-0.2, -0.15) is 5.26 Å². The van der Waals surface area contributed by atoms with Crippen LogP contribution in [0.5, 0.6) is 0 Å². The van der Waals surface area contributed by atoms with Gasteiger partial charge in [0, 0.05) is 49.4 Å². The lowest BCUT2D eigenvalue weighted by Crippen LogP contribution is -1.98. The number of fused-ring (bicyclic) bond motifs is 9. The summed E-state index contributed by atoms with van der Waals surface area (Å²) < 4.78 is 7.05. The van der Waals surface area contributed by atoms with Gasteiger partial charge >= 0.3 is 0 Å². The van der Waals surface area contributed by atoms with E-state index in [1.165, 1.54) is 43.6 Å². The first kappa shape index (κ1) is 25.7. The number of benzene rings is 7. The number of rotatable bonds is 3. The smallest absolute Gasteiger partial charge is 0.0991 e. The minimum atomic E-state index is 0.670. The van der Waals surface area contributed by atoms with E-state index in [4.69, 9.17) is 0 Å². The van der Waals surface area contributed by atoms with Gasteiger partial charge in [0.15, 0.2) is 0 Å². The van der Waals surface area contributed by atoms with Crippen LogP contribution < -0.4 is 0 Å². The highest BCUT2D eigenvalue weighted by molar-refractivity contribution is 6.12. The van der Waals surface area contributed by atoms with Gasteiger partial charge in [0.1, 0.15) is 0 Å². The zero-order chi connectivity index (χ0) is 31.1. The summed E-state index contributed by atoms with van der Waals surface area (Å²) in [6.45, 7) is 0. The van der Waals surface area contributed by atoms with E-state index in [1.807, 2.05) is 12.1 Å². The molecule has 0 radical (unpaired) electrons. The van der Waals surface area contributed by atoms with Crippen LogP contribution in [0, 0.1) is 11.3 Å². The minimum Gasteiger partial charge on any atom is -0.309 e. The molecule has 47 heavy (non-hydrogen) atoms. The van der Waals surface area contributed by atoms with Gasteiger partial charge in [-0.1, -0.05) is 72.8 Å². The van der Waals surface area contributed by atoms with E-state index in [9.17, 15) is 5.26 Å². The van der Waals surface area contributed by atoms with Crippen LogP contribution in [0.3, 0.4) is 0 Å². The molecule has 0 amide bonds. The van der Waals surface area contributed by atoms with Crippen LogP contribution in [0.4, 0.5) is 0 Å². The van der Waals surface area contributed by atoms with Crippen molar-refractivity contribution in [3.05, 3.63) is 163 Å². The quantitative estimate of drug-likeness (QED) is 0.199. The van der Waals surface area contributed by atoms with Crippen LogP contribution in [-0.2, 0) is 0 Å². The topological polar surface area (TPSA) is 38.6 Å². The molecule has 4 nitrogen and oxygen atoms in total. The van der Waals surface area contributed by atoms with E-state index in [0.717, 1.165) is 38.9 Å². The van der Waals surface area contributed by atoms with Gasteiger partial charge in [0.25, 0.3) is 0 Å². The normalized spacial score (nSPS) is 11.8. The Kier molecular flexibility index (Phi) is 5.32. The van der Waals surface area contributed by atoms with Crippen molar-refractivity contribution in [2.24, 2.45) is 0 Å². The third-order valence-corrected chi connectivity index (χ3v) is 9.66. The van der Waals surface area contributed by atoms with Crippen molar-refractivity contribution in [2.75, 3.05) is 0 Å². The predicted octanol–water partition coefficient (Wildman–Crippen LogP) is 10.8. The van der Waals surface area contributed by atoms with Gasteiger partial charge in [-0.05, 0) is 84.9 Å². The van der Waals surface area contributed by atoms with Gasteiger partial charge in [-0.15, -0.1) is 0 Å². The fourth-order valence-corrected chi connectivity index (χ4v) is 7.65. The molecule has 0 saturated heterocycles. The molecule has 3 aromatic heterocycles. The second kappa shape index (κ2) is 9.71. The maximum absolute atomic E-state index is 9.55. The average molecular weight is 599 g/mol. The van der Waals surface area contributed by atoms with Crippen molar-refractivity contribution in [3.8, 4) is 23.1 Å². The largest absolute Gasteiger partial charge is 0.309 e. The predicted molar refractivity (Wildman–Crippen MR) is 194 cm³/mol. The fourth-order valence-electron chi connectivity index (χ4n) is 7.65. The lowest BCUT2D eigenvalue weighted by molar-refractivity contribution is 1.14. The zero-order valence-electron chi connectivity index (χ0n) is 25.3. The Hall–Kier alpha value is -6.57. The number of aromatic nitrogens is 3. The van der Waals surface area contributed by atoms with Crippen molar-refractivity contribution in [1.29, 1.82) is 5.26 Å². The summed E-state index contributed by atoms with van der Waals surface area (Å²) in [5, 5.41) is 16.8. The molecular weight excluding hydrogens is 573 g/mol. The Balaban J connectivity index is 1.16. The van der Waals surface area contributed by atoms with Crippen molar-refractivity contribution >= 4 is 65.4 Å². The monoisotopic (exact) mass is 598 g/mol. The number of nitriles is 1. The molecule has 3 heterocycles. The zero-order valence-corrected chi connectivity index (χ0v) is 25.3. The van der Waals surface area contributed by atoms with Gasteiger partial charge in [0.2, 0.25) is 0 Å². The maximum Gasteiger partial charge on any atom is 0.0991 e. The Morgan fingerprint density at radius 1 is 0.319 bits per heavy atom. The van der Waals surface area contributed by atoms with Gasteiger partial charge in [0.05, 0.1) is 44.7 Å². The van der Waals surface area contributed by atoms with Crippen molar-refractivity contribution in [2.45, 2.75) is 0 Å². The van der Waals surface area contributed by atoms with Gasteiger partial charge < -0.3 is 13.7 Å². The van der Waals surface area contributed by atoms with Crippen LogP contribution in [0.25, 0.3) is 82.5 Å². The Morgan fingerprint density at radius 3 is 1.13 bits per heavy atom. The molecular formula is C43H26N4. The molecule has 0 fully saturated rings. The second-order valence-corrected chi connectivity index (χ2v) is 12.1. The van der Waals surface area contributed by atoms with Crippen LogP contribution in [0.2, 0.25) is 0 Å². The lowest BCUT2D eigenvalue weighted by Gasteiger charge is -2.12. The summed E-state index contributed by atoms with van der Waals surface area (Å²) in [7, 11) is 0. The van der Waals surface area contributed by atoms with E-state index in [-0.39, 0.29) is 0 Å². The molecule has 10 aromatic rings. The number of hydrogen-bond acceptors (Lipinski definition) is 1. The molecule has 0 aliphatic carbocycles. The van der Waals surface area contributed by atoms with E-state index in [2.05, 4.69) is 165 Å². The molecule has 7 aromatic carbocycles. The van der Waals surface area contributed by atoms with E-state index in [1.54, 1.807) is 0 Å². The number of nitrogens with zero attached hydrogens (tertiary/aromatic N) is 4. The SMILES string of the molecule is N#Cc1ccc2c(c1)c1ccccc1n2-c1ccc(-n2c3ccccc3c3cc(-n4c5ccccc5c5ccccc54)ccc32)cc1. The summed E-state index contributed by atoms with van der Waals surface area (Å²) >= 11 is 0. The number of para-hydroxylation sites is 4. The minimum absolute atomic E-state index is 0.670. The molecule has 0 spiro atoms. The van der Waals surface area contributed by atoms with Crippen molar-refractivity contribution < 1.29 is 0 Å². The number of hydrogen-bond donors (Lipinski definition) is 0. The van der Waals surface area contributed by atoms with Crippen molar-refractivity contribution in [3.63, 3.8) is 0 Å². The molecule has 218 valence electrons. The first-order chi connectivity index (χ1) is 23.3. The average Bonchev–Trinajstić information content (AvgIpc) is 3.77. The highest BCUT2D eigenvalue weighted by Gasteiger charge is 2.17. The summed E-state index contributed by atoms with van der Waals surface area (Å²) in [4.78, 5) is 0. The van der Waals surface area contributed by atoms with Crippen LogP contribution in [-0.4, -0.2) is 13.7 Å². The molecule has 0 aliphatic rings. The summed E-state index contributed by atoms with van der Waals surface area (Å²) in [6.07, 6.45) is 0.